The van der Waals surface area contributed by atoms with E-state index in [4.69, 9.17) is 4.74 Å². The van der Waals surface area contributed by atoms with Crippen molar-refractivity contribution in [2.75, 3.05) is 19.8 Å². The lowest BCUT2D eigenvalue weighted by Gasteiger charge is -2.42. The molecule has 1 rings (SSSR count). The van der Waals surface area contributed by atoms with Crippen LogP contribution in [-0.2, 0) is 9.53 Å². The minimum absolute atomic E-state index is 0.0479. The fourth-order valence-corrected chi connectivity index (χ4v) is 1.50. The number of rotatable bonds is 2. The standard InChI is InChI=1S/C11H17NO2/c1-5-9(2)10(13)12-6-7-14-8-11(12,3)4/h5H,1-2,6-8H2,3-4H3. The maximum absolute atomic E-state index is 11.8. The molecule has 1 aliphatic heterocycles. The fourth-order valence-electron chi connectivity index (χ4n) is 1.50. The van der Waals surface area contributed by atoms with Crippen molar-refractivity contribution in [3.8, 4) is 0 Å². The van der Waals surface area contributed by atoms with Crippen LogP contribution in [0.1, 0.15) is 13.8 Å². The first-order valence-corrected chi connectivity index (χ1v) is 4.70. The Bertz CT molecular complexity index is 268. The summed E-state index contributed by atoms with van der Waals surface area (Å²) in [5, 5.41) is 0. The van der Waals surface area contributed by atoms with Crippen LogP contribution in [0.5, 0.6) is 0 Å². The minimum Gasteiger partial charge on any atom is -0.377 e. The van der Waals surface area contributed by atoms with Crippen LogP contribution in [0, 0.1) is 0 Å². The van der Waals surface area contributed by atoms with Crippen LogP contribution in [0.4, 0.5) is 0 Å². The Balaban J connectivity index is 2.79. The van der Waals surface area contributed by atoms with E-state index in [-0.39, 0.29) is 11.4 Å². The second-order valence-corrected chi connectivity index (χ2v) is 4.05. The van der Waals surface area contributed by atoms with Crippen LogP contribution < -0.4 is 0 Å². The van der Waals surface area contributed by atoms with Gasteiger partial charge in [0, 0.05) is 12.1 Å². The molecular formula is C11H17NO2. The Morgan fingerprint density at radius 3 is 2.71 bits per heavy atom. The first kappa shape index (κ1) is 11.0. The monoisotopic (exact) mass is 195 g/mol. The van der Waals surface area contributed by atoms with E-state index < -0.39 is 0 Å². The summed E-state index contributed by atoms with van der Waals surface area (Å²) in [6, 6.07) is 0. The average molecular weight is 195 g/mol. The second kappa shape index (κ2) is 3.96. The summed E-state index contributed by atoms with van der Waals surface area (Å²) in [5.74, 6) is -0.0479. The molecule has 0 bridgehead atoms. The molecule has 14 heavy (non-hydrogen) atoms. The Kier molecular flexibility index (Phi) is 3.11. The number of nitrogens with zero attached hydrogens (tertiary/aromatic N) is 1. The molecule has 0 aromatic carbocycles. The van der Waals surface area contributed by atoms with Crippen molar-refractivity contribution in [3.05, 3.63) is 24.8 Å². The average Bonchev–Trinajstić information content (AvgIpc) is 2.15. The zero-order valence-electron chi connectivity index (χ0n) is 8.88. The number of ether oxygens (including phenoxy) is 1. The van der Waals surface area contributed by atoms with Gasteiger partial charge in [-0.1, -0.05) is 19.2 Å². The van der Waals surface area contributed by atoms with Gasteiger partial charge in [-0.05, 0) is 13.8 Å². The van der Waals surface area contributed by atoms with Crippen LogP contribution in [-0.4, -0.2) is 36.1 Å². The summed E-state index contributed by atoms with van der Waals surface area (Å²) in [5.41, 5.74) is 0.196. The predicted octanol–water partition coefficient (Wildman–Crippen LogP) is 1.37. The summed E-state index contributed by atoms with van der Waals surface area (Å²) < 4.78 is 5.33. The minimum atomic E-state index is -0.249. The van der Waals surface area contributed by atoms with Crippen molar-refractivity contribution in [1.82, 2.24) is 4.90 Å². The molecule has 0 radical (unpaired) electrons. The molecule has 0 saturated carbocycles. The summed E-state index contributed by atoms with van der Waals surface area (Å²) in [7, 11) is 0. The molecule has 0 aromatic heterocycles. The summed E-state index contributed by atoms with van der Waals surface area (Å²) in [4.78, 5) is 13.6. The number of carbonyl (C=O) groups excluding carboxylic acids is 1. The zero-order chi connectivity index (χ0) is 10.8. The number of morpholine rings is 1. The van der Waals surface area contributed by atoms with Crippen molar-refractivity contribution in [2.24, 2.45) is 0 Å². The summed E-state index contributed by atoms with van der Waals surface area (Å²) in [6.45, 7) is 13.0. The SMILES string of the molecule is C=CC(=C)C(=O)N1CCOCC1(C)C. The molecule has 3 nitrogen and oxygen atoms in total. The van der Waals surface area contributed by atoms with Gasteiger partial charge < -0.3 is 9.64 Å². The molecule has 1 fully saturated rings. The largest absolute Gasteiger partial charge is 0.377 e. The molecule has 1 heterocycles. The van der Waals surface area contributed by atoms with Gasteiger partial charge in [-0.15, -0.1) is 0 Å². The first-order valence-electron chi connectivity index (χ1n) is 4.70. The van der Waals surface area contributed by atoms with Gasteiger partial charge >= 0.3 is 0 Å². The second-order valence-electron chi connectivity index (χ2n) is 4.05. The topological polar surface area (TPSA) is 29.5 Å². The maximum Gasteiger partial charge on any atom is 0.253 e. The van der Waals surface area contributed by atoms with Crippen LogP contribution >= 0.6 is 0 Å². The maximum atomic E-state index is 11.8. The van der Waals surface area contributed by atoms with Gasteiger partial charge in [0.25, 0.3) is 5.91 Å². The molecule has 78 valence electrons. The molecule has 0 spiro atoms. The van der Waals surface area contributed by atoms with E-state index in [1.807, 2.05) is 13.8 Å². The summed E-state index contributed by atoms with van der Waals surface area (Å²) >= 11 is 0. The Labute approximate surface area is 85.0 Å². The van der Waals surface area contributed by atoms with Gasteiger partial charge in [-0.2, -0.15) is 0 Å². The molecule has 0 atom stereocenters. The number of carbonyl (C=O) groups is 1. The predicted molar refractivity (Wildman–Crippen MR) is 55.9 cm³/mol. The molecule has 0 aromatic rings. The molecular weight excluding hydrogens is 178 g/mol. The lowest BCUT2D eigenvalue weighted by Crippen LogP contribution is -2.55. The quantitative estimate of drug-likeness (QED) is 0.492. The molecule has 1 saturated heterocycles. The lowest BCUT2D eigenvalue weighted by molar-refractivity contribution is -0.141. The van der Waals surface area contributed by atoms with E-state index in [0.29, 0.717) is 25.3 Å². The lowest BCUT2D eigenvalue weighted by atomic mass is 10.0. The number of amides is 1. The van der Waals surface area contributed by atoms with Crippen molar-refractivity contribution in [3.63, 3.8) is 0 Å². The van der Waals surface area contributed by atoms with Crippen LogP contribution in [0.2, 0.25) is 0 Å². The summed E-state index contributed by atoms with van der Waals surface area (Å²) in [6.07, 6.45) is 1.49. The van der Waals surface area contributed by atoms with E-state index in [1.54, 1.807) is 4.90 Å². The van der Waals surface area contributed by atoms with E-state index in [1.165, 1.54) is 6.08 Å². The highest BCUT2D eigenvalue weighted by atomic mass is 16.5. The molecule has 0 unspecified atom stereocenters. The Hall–Kier alpha value is -1.09. The van der Waals surface area contributed by atoms with E-state index >= 15 is 0 Å². The number of hydrogen-bond acceptors (Lipinski definition) is 2. The molecule has 0 aliphatic carbocycles. The molecule has 1 aliphatic rings. The van der Waals surface area contributed by atoms with Gasteiger partial charge in [0.15, 0.2) is 0 Å². The molecule has 1 amide bonds. The Morgan fingerprint density at radius 1 is 1.57 bits per heavy atom. The number of hydrogen-bond donors (Lipinski definition) is 0. The fraction of sp³-hybridized carbons (Fsp3) is 0.545. The highest BCUT2D eigenvalue weighted by molar-refractivity contribution is 5.95. The smallest absolute Gasteiger partial charge is 0.253 e. The first-order chi connectivity index (χ1) is 6.49. The third kappa shape index (κ3) is 2.04. The van der Waals surface area contributed by atoms with Gasteiger partial charge in [0.05, 0.1) is 18.8 Å². The highest BCUT2D eigenvalue weighted by Crippen LogP contribution is 2.20. The van der Waals surface area contributed by atoms with Crippen LogP contribution in [0.25, 0.3) is 0 Å². The van der Waals surface area contributed by atoms with Gasteiger partial charge in [-0.3, -0.25) is 4.79 Å². The Morgan fingerprint density at radius 2 is 2.21 bits per heavy atom. The van der Waals surface area contributed by atoms with E-state index in [9.17, 15) is 4.79 Å². The van der Waals surface area contributed by atoms with Gasteiger partial charge in [-0.25, -0.2) is 0 Å². The van der Waals surface area contributed by atoms with Crippen LogP contribution in [0.3, 0.4) is 0 Å². The van der Waals surface area contributed by atoms with E-state index in [2.05, 4.69) is 13.2 Å². The highest BCUT2D eigenvalue weighted by Gasteiger charge is 2.34. The van der Waals surface area contributed by atoms with Crippen molar-refractivity contribution < 1.29 is 9.53 Å². The normalized spacial score (nSPS) is 20.3. The van der Waals surface area contributed by atoms with Crippen molar-refractivity contribution in [1.29, 1.82) is 0 Å². The van der Waals surface area contributed by atoms with Gasteiger partial charge in [0.1, 0.15) is 0 Å². The molecule has 0 N–H and O–H groups in total. The molecule has 3 heteroatoms. The van der Waals surface area contributed by atoms with Crippen molar-refractivity contribution in [2.45, 2.75) is 19.4 Å². The van der Waals surface area contributed by atoms with Crippen molar-refractivity contribution >= 4 is 5.91 Å². The van der Waals surface area contributed by atoms with E-state index in [0.717, 1.165) is 0 Å². The van der Waals surface area contributed by atoms with Crippen LogP contribution in [0.15, 0.2) is 24.8 Å². The third-order valence-corrected chi connectivity index (χ3v) is 2.41. The zero-order valence-corrected chi connectivity index (χ0v) is 8.88. The third-order valence-electron chi connectivity index (χ3n) is 2.41. The van der Waals surface area contributed by atoms with Gasteiger partial charge in [0.2, 0.25) is 0 Å².